The predicted molar refractivity (Wildman–Crippen MR) is 170 cm³/mol. The number of anilines is 1. The van der Waals surface area contributed by atoms with Gasteiger partial charge in [0.05, 0.1) is 34.8 Å². The summed E-state index contributed by atoms with van der Waals surface area (Å²) in [5.41, 5.74) is 0.993. The van der Waals surface area contributed by atoms with Crippen LogP contribution >= 0.6 is 23.2 Å². The maximum absolute atomic E-state index is 14.2. The Labute approximate surface area is 263 Å². The second-order valence-electron chi connectivity index (χ2n) is 11.0. The minimum Gasteiger partial charge on any atom is -0.497 e. The molecule has 9 nitrogen and oxygen atoms in total. The number of amides is 2. The lowest BCUT2D eigenvalue weighted by Crippen LogP contribution is -2.54. The van der Waals surface area contributed by atoms with Gasteiger partial charge in [0.25, 0.3) is 10.0 Å². The quantitative estimate of drug-likeness (QED) is 0.280. The fourth-order valence-electron chi connectivity index (χ4n) is 4.23. The Bertz CT molecular complexity index is 1570. The number of carbonyl (C=O) groups excluding carboxylic acids is 2. The van der Waals surface area contributed by atoms with E-state index in [1.54, 1.807) is 49.4 Å². The fraction of sp³-hybridized carbons (Fsp3) is 0.355. The summed E-state index contributed by atoms with van der Waals surface area (Å²) in [5, 5.41) is 3.51. The van der Waals surface area contributed by atoms with Gasteiger partial charge in [-0.15, -0.1) is 0 Å². The first-order valence-corrected chi connectivity index (χ1v) is 15.6. The molecule has 1 atom stereocenters. The van der Waals surface area contributed by atoms with Crippen molar-refractivity contribution in [1.29, 1.82) is 0 Å². The third-order valence-corrected chi connectivity index (χ3v) is 9.06. The van der Waals surface area contributed by atoms with E-state index in [4.69, 9.17) is 32.7 Å². The number of hydrogen-bond donors (Lipinski definition) is 1. The van der Waals surface area contributed by atoms with Gasteiger partial charge in [0.1, 0.15) is 24.1 Å². The summed E-state index contributed by atoms with van der Waals surface area (Å²) in [4.78, 5) is 28.8. The minimum absolute atomic E-state index is 0.0228. The van der Waals surface area contributed by atoms with Crippen molar-refractivity contribution < 1.29 is 27.5 Å². The average Bonchev–Trinajstić information content (AvgIpc) is 2.94. The Morgan fingerprint density at radius 2 is 1.58 bits per heavy atom. The van der Waals surface area contributed by atoms with Crippen molar-refractivity contribution in [1.82, 2.24) is 10.2 Å². The van der Waals surface area contributed by atoms with E-state index in [9.17, 15) is 18.0 Å². The molecule has 0 heterocycles. The molecule has 0 aliphatic heterocycles. The van der Waals surface area contributed by atoms with Crippen LogP contribution in [0.4, 0.5) is 5.69 Å². The van der Waals surface area contributed by atoms with Crippen LogP contribution in [0.1, 0.15) is 38.8 Å². The lowest BCUT2D eigenvalue weighted by atomic mass is 10.1. The van der Waals surface area contributed by atoms with Gasteiger partial charge in [-0.1, -0.05) is 47.0 Å². The van der Waals surface area contributed by atoms with Gasteiger partial charge in [-0.3, -0.25) is 13.9 Å². The molecule has 232 valence electrons. The molecule has 1 N–H and O–H groups in total. The Morgan fingerprint density at radius 1 is 0.930 bits per heavy atom. The Hall–Kier alpha value is -3.47. The number of rotatable bonds is 11. The summed E-state index contributed by atoms with van der Waals surface area (Å²) >= 11 is 12.3. The maximum Gasteiger partial charge on any atom is 0.264 e. The number of benzene rings is 3. The van der Waals surface area contributed by atoms with Gasteiger partial charge in [-0.2, -0.15) is 0 Å². The number of carbonyl (C=O) groups is 2. The lowest BCUT2D eigenvalue weighted by molar-refractivity contribution is -0.140. The zero-order valence-electron chi connectivity index (χ0n) is 25.3. The molecule has 0 radical (unpaired) electrons. The van der Waals surface area contributed by atoms with Crippen LogP contribution in [0.15, 0.2) is 65.6 Å². The van der Waals surface area contributed by atoms with Crippen LogP contribution in [0, 0.1) is 6.92 Å². The van der Waals surface area contributed by atoms with Gasteiger partial charge in [-0.25, -0.2) is 8.42 Å². The highest BCUT2D eigenvalue weighted by atomic mass is 35.5. The van der Waals surface area contributed by atoms with Crippen molar-refractivity contribution >= 4 is 50.7 Å². The van der Waals surface area contributed by atoms with Gasteiger partial charge >= 0.3 is 0 Å². The molecule has 43 heavy (non-hydrogen) atoms. The SMILES string of the molecule is COc1ccc(OC)c(N(CC(=O)N(Cc2ccc(Cl)c(Cl)c2)[C@H](C)C(=O)NC(C)(C)C)S(=O)(=O)c2ccc(C)cc2)c1. The number of methoxy groups -OCH3 is 2. The molecule has 3 rings (SSSR count). The van der Waals surface area contributed by atoms with Crippen LogP contribution in [0.25, 0.3) is 0 Å². The van der Waals surface area contributed by atoms with E-state index >= 15 is 0 Å². The van der Waals surface area contributed by atoms with Gasteiger partial charge in [0.15, 0.2) is 0 Å². The number of nitrogens with zero attached hydrogens (tertiary/aromatic N) is 2. The number of sulfonamides is 1. The standard InChI is InChI=1S/C31H37Cl2N3O6S/c1-20-8-12-24(13-9-20)43(39,40)36(27-17-23(41-6)11-15-28(27)42-7)19-29(37)35(21(2)30(38)34-31(3,4)5)18-22-10-14-25(32)26(33)16-22/h8-17,21H,18-19H2,1-7H3,(H,34,38)/t21-/m1/s1. The molecule has 3 aromatic rings. The molecule has 0 aromatic heterocycles. The second-order valence-corrected chi connectivity index (χ2v) is 13.7. The molecule has 0 saturated carbocycles. The molecule has 0 fully saturated rings. The Balaban J connectivity index is 2.14. The fourth-order valence-corrected chi connectivity index (χ4v) is 5.97. The van der Waals surface area contributed by atoms with E-state index in [0.29, 0.717) is 16.3 Å². The van der Waals surface area contributed by atoms with Crippen molar-refractivity contribution in [2.24, 2.45) is 0 Å². The minimum atomic E-state index is -4.31. The first kappa shape index (κ1) is 34.0. The van der Waals surface area contributed by atoms with Gasteiger partial charge < -0.3 is 19.7 Å². The van der Waals surface area contributed by atoms with Crippen molar-refractivity contribution in [3.8, 4) is 11.5 Å². The number of ether oxygens (including phenoxy) is 2. The van der Waals surface area contributed by atoms with Crippen LogP contribution in [0.5, 0.6) is 11.5 Å². The van der Waals surface area contributed by atoms with Crippen LogP contribution in [-0.2, 0) is 26.2 Å². The highest BCUT2D eigenvalue weighted by molar-refractivity contribution is 7.92. The largest absolute Gasteiger partial charge is 0.497 e. The summed E-state index contributed by atoms with van der Waals surface area (Å²) < 4.78 is 40.1. The van der Waals surface area contributed by atoms with E-state index in [-0.39, 0.29) is 27.9 Å². The molecule has 12 heteroatoms. The highest BCUT2D eigenvalue weighted by Gasteiger charge is 2.34. The Kier molecular flexibility index (Phi) is 11.0. The average molecular weight is 651 g/mol. The Morgan fingerprint density at radius 3 is 2.14 bits per heavy atom. The molecule has 3 aromatic carbocycles. The van der Waals surface area contributed by atoms with Gasteiger partial charge in [-0.05, 0) is 76.6 Å². The zero-order valence-corrected chi connectivity index (χ0v) is 27.6. The van der Waals surface area contributed by atoms with E-state index in [2.05, 4.69) is 5.32 Å². The molecule has 0 bridgehead atoms. The maximum atomic E-state index is 14.2. The predicted octanol–water partition coefficient (Wildman–Crippen LogP) is 5.85. The third-order valence-electron chi connectivity index (χ3n) is 6.54. The topological polar surface area (TPSA) is 105 Å². The van der Waals surface area contributed by atoms with Crippen LogP contribution in [0.2, 0.25) is 10.0 Å². The lowest BCUT2D eigenvalue weighted by Gasteiger charge is -2.34. The smallest absolute Gasteiger partial charge is 0.264 e. The number of aryl methyl sites for hydroxylation is 1. The molecule has 0 spiro atoms. The molecular weight excluding hydrogens is 613 g/mol. The first-order chi connectivity index (χ1) is 20.1. The van der Waals surface area contributed by atoms with E-state index in [1.165, 1.54) is 37.3 Å². The van der Waals surface area contributed by atoms with Crippen LogP contribution in [-0.4, -0.2) is 57.5 Å². The summed E-state index contributed by atoms with van der Waals surface area (Å²) in [6, 6.07) is 14.9. The van der Waals surface area contributed by atoms with E-state index < -0.39 is 40.0 Å². The normalized spacial score (nSPS) is 12.3. The number of hydrogen-bond acceptors (Lipinski definition) is 6. The van der Waals surface area contributed by atoms with E-state index in [0.717, 1.165) is 9.87 Å². The van der Waals surface area contributed by atoms with Crippen LogP contribution < -0.4 is 19.1 Å². The van der Waals surface area contributed by atoms with E-state index in [1.807, 2.05) is 27.7 Å². The molecule has 0 saturated heterocycles. The molecule has 2 amide bonds. The van der Waals surface area contributed by atoms with Gasteiger partial charge in [0.2, 0.25) is 11.8 Å². The number of halogens is 2. The summed E-state index contributed by atoms with van der Waals surface area (Å²) in [5.74, 6) is -0.479. The second kappa shape index (κ2) is 13.9. The van der Waals surface area contributed by atoms with Gasteiger partial charge in [0, 0.05) is 18.2 Å². The molecule has 0 aliphatic rings. The molecule has 0 aliphatic carbocycles. The van der Waals surface area contributed by atoms with Crippen molar-refractivity contribution in [3.05, 3.63) is 81.8 Å². The van der Waals surface area contributed by atoms with Crippen molar-refractivity contribution in [2.75, 3.05) is 25.1 Å². The summed E-state index contributed by atoms with van der Waals surface area (Å²) in [6.07, 6.45) is 0. The number of nitrogens with one attached hydrogen (secondary N) is 1. The van der Waals surface area contributed by atoms with Crippen molar-refractivity contribution in [3.63, 3.8) is 0 Å². The summed E-state index contributed by atoms with van der Waals surface area (Å²) in [6.45, 7) is 8.22. The molecular formula is C31H37Cl2N3O6S. The monoisotopic (exact) mass is 649 g/mol. The zero-order chi connectivity index (χ0) is 32.1. The first-order valence-electron chi connectivity index (χ1n) is 13.4. The third kappa shape index (κ3) is 8.55. The van der Waals surface area contributed by atoms with Crippen molar-refractivity contribution in [2.45, 2.75) is 57.6 Å². The molecule has 0 unspecified atom stereocenters. The van der Waals surface area contributed by atoms with Crippen LogP contribution in [0.3, 0.4) is 0 Å². The summed E-state index contributed by atoms with van der Waals surface area (Å²) in [7, 11) is -1.46. The highest BCUT2D eigenvalue weighted by Crippen LogP contribution is 2.36.